The van der Waals surface area contributed by atoms with Crippen molar-refractivity contribution < 1.29 is 27.4 Å². The number of nitrogens with one attached hydrogen (secondary N) is 1. The Balaban J connectivity index is 2.11. The van der Waals surface area contributed by atoms with Crippen LogP contribution in [0, 0.1) is 0 Å². The van der Waals surface area contributed by atoms with Crippen molar-refractivity contribution in [1.29, 1.82) is 0 Å². The molecular weight excluding hydrogens is 371 g/mol. The summed E-state index contributed by atoms with van der Waals surface area (Å²) in [4.78, 5) is 19.6. The summed E-state index contributed by atoms with van der Waals surface area (Å²) in [6.07, 6.45) is -3.56. The molecule has 0 saturated carbocycles. The SMILES string of the molecule is COc1ccc(OC)c(NC(=O)C(C)Sc2nccc(C(F)(F)F)n2)c1. The third-order valence-electron chi connectivity index (χ3n) is 3.24. The zero-order chi connectivity index (χ0) is 19.3. The van der Waals surface area contributed by atoms with Gasteiger partial charge in [-0.25, -0.2) is 9.97 Å². The molecule has 0 bridgehead atoms. The minimum atomic E-state index is -4.57. The van der Waals surface area contributed by atoms with E-state index in [1.165, 1.54) is 21.1 Å². The van der Waals surface area contributed by atoms with Crippen LogP contribution in [0.2, 0.25) is 0 Å². The molecule has 10 heteroatoms. The standard InChI is InChI=1S/C16H16F3N3O3S/c1-9(26-15-20-7-6-13(22-15)16(17,18)19)14(23)21-11-8-10(24-2)4-5-12(11)25-3/h4-9H,1-3H3,(H,21,23). The summed E-state index contributed by atoms with van der Waals surface area (Å²) in [5, 5.41) is 1.78. The van der Waals surface area contributed by atoms with Gasteiger partial charge >= 0.3 is 6.18 Å². The Morgan fingerprint density at radius 3 is 2.58 bits per heavy atom. The summed E-state index contributed by atoms with van der Waals surface area (Å²) < 4.78 is 48.4. The van der Waals surface area contributed by atoms with E-state index in [0.717, 1.165) is 24.0 Å². The molecule has 0 aliphatic rings. The zero-order valence-electron chi connectivity index (χ0n) is 14.1. The predicted molar refractivity (Wildman–Crippen MR) is 90.5 cm³/mol. The van der Waals surface area contributed by atoms with Gasteiger partial charge in [0.05, 0.1) is 25.2 Å². The van der Waals surface area contributed by atoms with Gasteiger partial charge in [0, 0.05) is 12.3 Å². The van der Waals surface area contributed by atoms with Gasteiger partial charge in [-0.1, -0.05) is 11.8 Å². The van der Waals surface area contributed by atoms with Gasteiger partial charge in [-0.3, -0.25) is 4.79 Å². The number of amides is 1. The van der Waals surface area contributed by atoms with Gasteiger partial charge in [-0.05, 0) is 25.1 Å². The molecule has 0 aliphatic heterocycles. The number of hydrogen-bond acceptors (Lipinski definition) is 6. The number of carbonyl (C=O) groups excluding carboxylic acids is 1. The molecule has 0 spiro atoms. The fourth-order valence-electron chi connectivity index (χ4n) is 1.91. The van der Waals surface area contributed by atoms with E-state index >= 15 is 0 Å². The van der Waals surface area contributed by atoms with E-state index in [0.29, 0.717) is 17.2 Å². The Bertz CT molecular complexity index is 787. The summed E-state index contributed by atoms with van der Waals surface area (Å²) >= 11 is 0.818. The number of thioether (sulfide) groups is 1. The molecule has 1 unspecified atom stereocenters. The van der Waals surface area contributed by atoms with Crippen LogP contribution in [0.25, 0.3) is 0 Å². The number of methoxy groups -OCH3 is 2. The summed E-state index contributed by atoms with van der Waals surface area (Å²) in [6.45, 7) is 1.54. The molecule has 2 aromatic rings. The van der Waals surface area contributed by atoms with Gasteiger partial charge in [0.25, 0.3) is 0 Å². The molecule has 26 heavy (non-hydrogen) atoms. The van der Waals surface area contributed by atoms with Crippen molar-refractivity contribution in [2.45, 2.75) is 23.5 Å². The Kier molecular flexibility index (Phi) is 6.30. The monoisotopic (exact) mass is 387 g/mol. The Labute approximate surface area is 152 Å². The van der Waals surface area contributed by atoms with Gasteiger partial charge in [0.1, 0.15) is 17.2 Å². The van der Waals surface area contributed by atoms with E-state index in [1.54, 1.807) is 18.2 Å². The van der Waals surface area contributed by atoms with Crippen LogP contribution in [-0.4, -0.2) is 35.3 Å². The normalized spacial score (nSPS) is 12.4. The number of carbonyl (C=O) groups is 1. The number of hydrogen-bond donors (Lipinski definition) is 1. The summed E-state index contributed by atoms with van der Waals surface area (Å²) in [5.74, 6) is 0.497. The van der Waals surface area contributed by atoms with Crippen molar-refractivity contribution in [2.24, 2.45) is 0 Å². The molecule has 1 aromatic carbocycles. The van der Waals surface area contributed by atoms with E-state index in [-0.39, 0.29) is 5.16 Å². The van der Waals surface area contributed by atoms with Crippen molar-refractivity contribution >= 4 is 23.4 Å². The second-order valence-corrected chi connectivity index (χ2v) is 6.35. The van der Waals surface area contributed by atoms with Crippen LogP contribution in [0.4, 0.5) is 18.9 Å². The van der Waals surface area contributed by atoms with Crippen LogP contribution in [0.3, 0.4) is 0 Å². The molecule has 1 atom stereocenters. The van der Waals surface area contributed by atoms with Crippen LogP contribution < -0.4 is 14.8 Å². The van der Waals surface area contributed by atoms with Crippen LogP contribution >= 0.6 is 11.8 Å². The first-order valence-electron chi connectivity index (χ1n) is 7.34. The van der Waals surface area contributed by atoms with Crippen LogP contribution in [0.5, 0.6) is 11.5 Å². The highest BCUT2D eigenvalue weighted by atomic mass is 32.2. The molecule has 2 rings (SSSR count). The van der Waals surface area contributed by atoms with Crippen LogP contribution in [-0.2, 0) is 11.0 Å². The fourth-order valence-corrected chi connectivity index (χ4v) is 2.67. The maximum Gasteiger partial charge on any atom is 0.433 e. The quantitative estimate of drug-likeness (QED) is 0.603. The molecule has 1 amide bonds. The molecule has 0 fully saturated rings. The topological polar surface area (TPSA) is 73.3 Å². The molecule has 0 aliphatic carbocycles. The van der Waals surface area contributed by atoms with Crippen molar-refractivity contribution in [3.63, 3.8) is 0 Å². The second kappa shape index (κ2) is 8.26. The van der Waals surface area contributed by atoms with Crippen molar-refractivity contribution in [3.8, 4) is 11.5 Å². The smallest absolute Gasteiger partial charge is 0.433 e. The van der Waals surface area contributed by atoms with Crippen molar-refractivity contribution in [3.05, 3.63) is 36.2 Å². The van der Waals surface area contributed by atoms with Gasteiger partial charge in [-0.15, -0.1) is 0 Å². The largest absolute Gasteiger partial charge is 0.497 e. The van der Waals surface area contributed by atoms with Crippen molar-refractivity contribution in [1.82, 2.24) is 9.97 Å². The maximum absolute atomic E-state index is 12.7. The van der Waals surface area contributed by atoms with Gasteiger partial charge in [-0.2, -0.15) is 13.2 Å². The summed E-state index contributed by atoms with van der Waals surface area (Å²) in [5.41, 5.74) is -0.675. The van der Waals surface area contributed by atoms with E-state index < -0.39 is 23.0 Å². The van der Waals surface area contributed by atoms with E-state index in [2.05, 4.69) is 15.3 Å². The molecule has 0 saturated heterocycles. The number of aromatic nitrogens is 2. The van der Waals surface area contributed by atoms with Crippen LogP contribution in [0.15, 0.2) is 35.6 Å². The molecule has 140 valence electrons. The molecule has 1 aromatic heterocycles. The first-order valence-corrected chi connectivity index (χ1v) is 8.22. The number of nitrogens with zero attached hydrogens (tertiary/aromatic N) is 2. The number of rotatable bonds is 6. The highest BCUT2D eigenvalue weighted by Crippen LogP contribution is 2.31. The van der Waals surface area contributed by atoms with Gasteiger partial charge in [0.15, 0.2) is 5.16 Å². The minimum absolute atomic E-state index is 0.139. The third kappa shape index (κ3) is 5.01. The van der Waals surface area contributed by atoms with Gasteiger partial charge < -0.3 is 14.8 Å². The van der Waals surface area contributed by atoms with E-state index in [1.807, 2.05) is 0 Å². The van der Waals surface area contributed by atoms with Gasteiger partial charge in [0.2, 0.25) is 5.91 Å². The number of alkyl halides is 3. The molecule has 1 heterocycles. The lowest BCUT2D eigenvalue weighted by atomic mass is 10.2. The average molecular weight is 387 g/mol. The zero-order valence-corrected chi connectivity index (χ0v) is 14.9. The van der Waals surface area contributed by atoms with Crippen molar-refractivity contribution in [2.75, 3.05) is 19.5 Å². The number of benzene rings is 1. The average Bonchev–Trinajstić information content (AvgIpc) is 2.61. The maximum atomic E-state index is 12.7. The lowest BCUT2D eigenvalue weighted by Crippen LogP contribution is -2.23. The minimum Gasteiger partial charge on any atom is -0.497 e. The number of ether oxygens (including phenoxy) is 2. The first-order chi connectivity index (χ1) is 12.2. The van der Waals surface area contributed by atoms with E-state index in [9.17, 15) is 18.0 Å². The highest BCUT2D eigenvalue weighted by molar-refractivity contribution is 8.00. The fraction of sp³-hybridized carbons (Fsp3) is 0.312. The molecule has 1 N–H and O–H groups in total. The molecule has 0 radical (unpaired) electrons. The summed E-state index contributed by atoms with van der Waals surface area (Å²) in [6, 6.07) is 5.65. The Hall–Kier alpha value is -2.49. The van der Waals surface area contributed by atoms with E-state index in [4.69, 9.17) is 9.47 Å². The van der Waals surface area contributed by atoms with Crippen LogP contribution in [0.1, 0.15) is 12.6 Å². The molecular formula is C16H16F3N3O3S. The lowest BCUT2D eigenvalue weighted by Gasteiger charge is -2.15. The summed E-state index contributed by atoms with van der Waals surface area (Å²) in [7, 11) is 2.93. The lowest BCUT2D eigenvalue weighted by molar-refractivity contribution is -0.141. The number of anilines is 1. The molecule has 6 nitrogen and oxygen atoms in total. The Morgan fingerprint density at radius 2 is 1.96 bits per heavy atom. The number of halogens is 3. The second-order valence-electron chi connectivity index (χ2n) is 5.04. The third-order valence-corrected chi connectivity index (χ3v) is 4.21. The Morgan fingerprint density at radius 1 is 1.23 bits per heavy atom. The first kappa shape index (κ1) is 19.8. The predicted octanol–water partition coefficient (Wildman–Crippen LogP) is 3.63. The highest BCUT2D eigenvalue weighted by Gasteiger charge is 2.33.